The molecule has 0 spiro atoms. The molecule has 0 aliphatic heterocycles. The Kier molecular flexibility index (Phi) is 43.8. The van der Waals surface area contributed by atoms with Crippen LogP contribution in [0.2, 0.25) is 0 Å². The fourth-order valence-electron chi connectivity index (χ4n) is 7.19. The SMILES string of the molecule is CCCCCCCCCCC/C=C\CCCCCCCCCC(=O)NC(CO)C(O)/C=C/CC/C=C/CCCCCCCCCCCCCCCCC. The Morgan fingerprint density at radius 3 is 1.09 bits per heavy atom. The zero-order valence-corrected chi connectivity index (χ0v) is 35.8. The van der Waals surface area contributed by atoms with Gasteiger partial charge < -0.3 is 15.5 Å². The van der Waals surface area contributed by atoms with Gasteiger partial charge in [0.1, 0.15) is 0 Å². The number of allylic oxidation sites excluding steroid dienone is 5. The molecule has 0 rings (SSSR count). The normalized spacial score (nSPS) is 13.2. The van der Waals surface area contributed by atoms with Crippen molar-refractivity contribution < 1.29 is 15.0 Å². The number of amides is 1. The molecule has 0 aromatic rings. The minimum atomic E-state index is -0.863. The summed E-state index contributed by atoms with van der Waals surface area (Å²) in [5.74, 6) is -0.0765. The average molecular weight is 744 g/mol. The molecule has 0 aliphatic carbocycles. The van der Waals surface area contributed by atoms with Gasteiger partial charge in [-0.3, -0.25) is 4.79 Å². The molecule has 4 nitrogen and oxygen atoms in total. The van der Waals surface area contributed by atoms with Crippen molar-refractivity contribution in [3.63, 3.8) is 0 Å². The van der Waals surface area contributed by atoms with Crippen molar-refractivity contribution in [1.29, 1.82) is 0 Å². The van der Waals surface area contributed by atoms with Crippen molar-refractivity contribution >= 4 is 5.91 Å². The molecule has 4 heteroatoms. The highest BCUT2D eigenvalue weighted by Crippen LogP contribution is 2.15. The highest BCUT2D eigenvalue weighted by molar-refractivity contribution is 5.76. The van der Waals surface area contributed by atoms with Gasteiger partial charge in [0.15, 0.2) is 0 Å². The fraction of sp³-hybridized carbons (Fsp3) is 0.857. The molecule has 53 heavy (non-hydrogen) atoms. The van der Waals surface area contributed by atoms with Gasteiger partial charge in [-0.15, -0.1) is 0 Å². The topological polar surface area (TPSA) is 69.6 Å². The van der Waals surface area contributed by atoms with E-state index in [2.05, 4.69) is 43.5 Å². The Hall–Kier alpha value is -1.39. The quantitative estimate of drug-likeness (QED) is 0.0430. The summed E-state index contributed by atoms with van der Waals surface area (Å²) in [5, 5.41) is 23.0. The van der Waals surface area contributed by atoms with E-state index in [9.17, 15) is 15.0 Å². The van der Waals surface area contributed by atoms with Gasteiger partial charge in [0.25, 0.3) is 0 Å². The molecule has 1 amide bonds. The van der Waals surface area contributed by atoms with E-state index >= 15 is 0 Å². The van der Waals surface area contributed by atoms with Crippen LogP contribution < -0.4 is 5.32 Å². The van der Waals surface area contributed by atoms with Crippen molar-refractivity contribution in [3.05, 3.63) is 36.5 Å². The van der Waals surface area contributed by atoms with Crippen molar-refractivity contribution in [2.24, 2.45) is 0 Å². The first-order chi connectivity index (χ1) is 26.2. The standard InChI is InChI=1S/C49H93NO3/c1-3-5-7-9-11-13-15-17-19-21-23-25-26-28-30-32-34-36-38-40-42-44-48(52)47(46-51)50-49(53)45-43-41-39-37-35-33-31-29-27-24-22-20-18-16-14-12-10-8-6-4-2/h24,27,34,36,42,44,47-48,51-52H,3-23,25-26,28-33,35,37-41,43,45-46H2,1-2H3,(H,50,53)/b27-24-,36-34+,44-42+. The first kappa shape index (κ1) is 51.6. The Morgan fingerprint density at radius 2 is 0.736 bits per heavy atom. The summed E-state index contributed by atoms with van der Waals surface area (Å²) in [6.07, 6.45) is 59.8. The summed E-state index contributed by atoms with van der Waals surface area (Å²) < 4.78 is 0. The van der Waals surface area contributed by atoms with E-state index in [4.69, 9.17) is 0 Å². The second-order valence-corrected chi connectivity index (χ2v) is 16.2. The molecular weight excluding hydrogens is 651 g/mol. The summed E-state index contributed by atoms with van der Waals surface area (Å²) in [6, 6.07) is -0.640. The maximum Gasteiger partial charge on any atom is 0.220 e. The summed E-state index contributed by atoms with van der Waals surface area (Å²) in [7, 11) is 0. The third kappa shape index (κ3) is 41.6. The maximum absolute atomic E-state index is 12.4. The van der Waals surface area contributed by atoms with Crippen LogP contribution in [0, 0.1) is 0 Å². The number of hydrogen-bond donors (Lipinski definition) is 3. The third-order valence-electron chi connectivity index (χ3n) is 10.8. The molecule has 312 valence electrons. The van der Waals surface area contributed by atoms with E-state index in [1.54, 1.807) is 6.08 Å². The number of unbranched alkanes of at least 4 members (excludes halogenated alkanes) is 32. The minimum Gasteiger partial charge on any atom is -0.394 e. The number of aliphatic hydroxyl groups is 2. The van der Waals surface area contributed by atoms with Gasteiger partial charge in [0, 0.05) is 6.42 Å². The lowest BCUT2D eigenvalue weighted by atomic mass is 10.0. The second-order valence-electron chi connectivity index (χ2n) is 16.2. The Bertz CT molecular complexity index is 806. The van der Waals surface area contributed by atoms with Gasteiger partial charge in [-0.25, -0.2) is 0 Å². The van der Waals surface area contributed by atoms with Crippen LogP contribution in [0.3, 0.4) is 0 Å². The third-order valence-corrected chi connectivity index (χ3v) is 10.8. The van der Waals surface area contributed by atoms with Gasteiger partial charge >= 0.3 is 0 Å². The Labute approximate surface area is 331 Å². The molecule has 0 fully saturated rings. The van der Waals surface area contributed by atoms with E-state index in [1.165, 1.54) is 199 Å². The zero-order valence-electron chi connectivity index (χ0n) is 35.8. The molecule has 0 aromatic carbocycles. The van der Waals surface area contributed by atoms with E-state index in [0.717, 1.165) is 32.1 Å². The molecule has 3 N–H and O–H groups in total. The van der Waals surface area contributed by atoms with E-state index in [1.807, 2.05) is 6.08 Å². The number of aliphatic hydroxyl groups excluding tert-OH is 2. The molecule has 0 aliphatic rings. The van der Waals surface area contributed by atoms with Crippen LogP contribution in [-0.4, -0.2) is 34.9 Å². The van der Waals surface area contributed by atoms with Crippen LogP contribution >= 0.6 is 0 Å². The van der Waals surface area contributed by atoms with Gasteiger partial charge in [0.2, 0.25) is 5.91 Å². The largest absolute Gasteiger partial charge is 0.394 e. The van der Waals surface area contributed by atoms with E-state index in [0.29, 0.717) is 6.42 Å². The Morgan fingerprint density at radius 1 is 0.434 bits per heavy atom. The van der Waals surface area contributed by atoms with Crippen LogP contribution in [0.1, 0.15) is 251 Å². The molecule has 0 aromatic heterocycles. The Balaban J connectivity index is 3.59. The molecule has 0 heterocycles. The monoisotopic (exact) mass is 744 g/mol. The number of hydrogen-bond acceptors (Lipinski definition) is 3. The van der Waals surface area contributed by atoms with Crippen LogP contribution in [0.15, 0.2) is 36.5 Å². The number of carbonyl (C=O) groups is 1. The first-order valence-corrected chi connectivity index (χ1v) is 23.7. The predicted molar refractivity (Wildman–Crippen MR) is 235 cm³/mol. The van der Waals surface area contributed by atoms with Gasteiger partial charge in [-0.2, -0.15) is 0 Å². The van der Waals surface area contributed by atoms with Crippen molar-refractivity contribution in [3.8, 4) is 0 Å². The molecule has 0 saturated heterocycles. The van der Waals surface area contributed by atoms with Crippen molar-refractivity contribution in [2.75, 3.05) is 6.61 Å². The molecule has 2 atom stereocenters. The second kappa shape index (κ2) is 45.0. The summed E-state index contributed by atoms with van der Waals surface area (Å²) in [4.78, 5) is 12.4. The fourth-order valence-corrected chi connectivity index (χ4v) is 7.19. The number of carbonyl (C=O) groups excluding carboxylic acids is 1. The highest BCUT2D eigenvalue weighted by atomic mass is 16.3. The van der Waals surface area contributed by atoms with Crippen LogP contribution in [0.5, 0.6) is 0 Å². The maximum atomic E-state index is 12.4. The molecule has 0 saturated carbocycles. The van der Waals surface area contributed by atoms with Gasteiger partial charge in [0.05, 0.1) is 18.8 Å². The summed E-state index contributed by atoms with van der Waals surface area (Å²) in [6.45, 7) is 4.31. The van der Waals surface area contributed by atoms with Gasteiger partial charge in [-0.05, 0) is 57.8 Å². The van der Waals surface area contributed by atoms with Crippen LogP contribution in [-0.2, 0) is 4.79 Å². The smallest absolute Gasteiger partial charge is 0.220 e. The van der Waals surface area contributed by atoms with Crippen LogP contribution in [0.4, 0.5) is 0 Å². The molecule has 0 bridgehead atoms. The predicted octanol–water partition coefficient (Wildman–Crippen LogP) is 15.0. The van der Waals surface area contributed by atoms with Gasteiger partial charge in [-0.1, -0.05) is 224 Å². The first-order valence-electron chi connectivity index (χ1n) is 23.7. The summed E-state index contributed by atoms with van der Waals surface area (Å²) in [5.41, 5.74) is 0. The average Bonchev–Trinajstić information content (AvgIpc) is 3.16. The van der Waals surface area contributed by atoms with E-state index < -0.39 is 12.1 Å². The zero-order chi connectivity index (χ0) is 38.6. The number of nitrogens with one attached hydrogen (secondary N) is 1. The van der Waals surface area contributed by atoms with Crippen LogP contribution in [0.25, 0.3) is 0 Å². The van der Waals surface area contributed by atoms with E-state index in [-0.39, 0.29) is 12.5 Å². The lowest BCUT2D eigenvalue weighted by molar-refractivity contribution is -0.123. The lowest BCUT2D eigenvalue weighted by Gasteiger charge is -2.19. The number of rotatable bonds is 43. The lowest BCUT2D eigenvalue weighted by Crippen LogP contribution is -2.45. The molecule has 0 radical (unpaired) electrons. The molecule has 2 unspecified atom stereocenters. The molecular formula is C49H93NO3. The summed E-state index contributed by atoms with van der Waals surface area (Å²) >= 11 is 0. The highest BCUT2D eigenvalue weighted by Gasteiger charge is 2.17. The van der Waals surface area contributed by atoms with Crippen molar-refractivity contribution in [1.82, 2.24) is 5.32 Å². The van der Waals surface area contributed by atoms with Crippen molar-refractivity contribution in [2.45, 2.75) is 264 Å². The minimum absolute atomic E-state index is 0.0765.